The van der Waals surface area contributed by atoms with E-state index in [9.17, 15) is 14.9 Å². The Balaban J connectivity index is 1.52. The number of furan rings is 1. The Morgan fingerprint density at radius 3 is 2.64 bits per heavy atom. The molecule has 1 aromatic heterocycles. The molecule has 2 heterocycles. The number of para-hydroxylation sites is 1. The number of nitriles is 1. The highest BCUT2D eigenvalue weighted by atomic mass is 16.3. The van der Waals surface area contributed by atoms with Crippen LogP contribution in [-0.4, -0.2) is 36.3 Å². The second-order valence-corrected chi connectivity index (χ2v) is 6.46. The predicted octanol–water partition coefficient (Wildman–Crippen LogP) is 3.31. The molecule has 3 aromatic rings. The Morgan fingerprint density at radius 1 is 1.04 bits per heavy atom. The molecule has 4 rings (SSSR count). The molecule has 0 bridgehead atoms. The van der Waals surface area contributed by atoms with Gasteiger partial charge in [-0.1, -0.05) is 24.3 Å². The maximum Gasteiger partial charge on any atom is 0.254 e. The third kappa shape index (κ3) is 3.26. The maximum absolute atomic E-state index is 12.9. The van der Waals surface area contributed by atoms with E-state index in [0.717, 1.165) is 5.56 Å². The molecule has 2 amide bonds. The van der Waals surface area contributed by atoms with Crippen LogP contribution in [0.2, 0.25) is 0 Å². The molecule has 0 radical (unpaired) electrons. The van der Waals surface area contributed by atoms with E-state index in [-0.39, 0.29) is 18.4 Å². The molecule has 6 nitrogen and oxygen atoms in total. The molecule has 6 heteroatoms. The second-order valence-electron chi connectivity index (χ2n) is 6.46. The number of piperazine rings is 1. The summed E-state index contributed by atoms with van der Waals surface area (Å²) in [6, 6.07) is 19.9. The van der Waals surface area contributed by atoms with Crippen LogP contribution in [0.25, 0.3) is 11.3 Å². The summed E-state index contributed by atoms with van der Waals surface area (Å²) in [4.78, 5) is 28.7. The number of hydrogen-bond acceptors (Lipinski definition) is 4. The molecule has 1 saturated heterocycles. The van der Waals surface area contributed by atoms with Gasteiger partial charge in [-0.15, -0.1) is 0 Å². The molecular formula is C22H17N3O3. The smallest absolute Gasteiger partial charge is 0.254 e. The van der Waals surface area contributed by atoms with Crippen LogP contribution in [0.5, 0.6) is 0 Å². The fraction of sp³-hybridized carbons (Fsp3) is 0.136. The number of nitrogens with zero attached hydrogens (tertiary/aromatic N) is 3. The van der Waals surface area contributed by atoms with Gasteiger partial charge in [0.25, 0.3) is 5.91 Å². The number of rotatable bonds is 3. The molecule has 0 saturated carbocycles. The topological polar surface area (TPSA) is 77.6 Å². The van der Waals surface area contributed by atoms with E-state index in [1.165, 1.54) is 4.90 Å². The average Bonchev–Trinajstić information content (AvgIpc) is 3.28. The Labute approximate surface area is 162 Å². The lowest BCUT2D eigenvalue weighted by molar-refractivity contribution is -0.120. The first kappa shape index (κ1) is 17.6. The first-order valence-electron chi connectivity index (χ1n) is 8.90. The highest BCUT2D eigenvalue weighted by Gasteiger charge is 2.29. The fourth-order valence-corrected chi connectivity index (χ4v) is 3.34. The van der Waals surface area contributed by atoms with E-state index < -0.39 is 0 Å². The van der Waals surface area contributed by atoms with Gasteiger partial charge in [-0.25, -0.2) is 0 Å². The second kappa shape index (κ2) is 7.41. The lowest BCUT2D eigenvalue weighted by Gasteiger charge is -2.34. The largest absolute Gasteiger partial charge is 0.464 e. The van der Waals surface area contributed by atoms with Gasteiger partial charge in [-0.2, -0.15) is 5.26 Å². The SMILES string of the molecule is N#Cc1ccccc1N1CCN(C(=O)c2cccc(-c3ccco3)c2)CC1=O. The number of hydrogen-bond donors (Lipinski definition) is 0. The zero-order valence-corrected chi connectivity index (χ0v) is 15.0. The van der Waals surface area contributed by atoms with Crippen molar-refractivity contribution in [3.63, 3.8) is 0 Å². The first-order valence-corrected chi connectivity index (χ1v) is 8.90. The zero-order valence-electron chi connectivity index (χ0n) is 15.0. The van der Waals surface area contributed by atoms with Gasteiger partial charge >= 0.3 is 0 Å². The summed E-state index contributed by atoms with van der Waals surface area (Å²) in [5.41, 5.74) is 2.35. The van der Waals surface area contributed by atoms with Crippen LogP contribution in [0.15, 0.2) is 71.3 Å². The molecule has 138 valence electrons. The van der Waals surface area contributed by atoms with E-state index in [0.29, 0.717) is 35.7 Å². The van der Waals surface area contributed by atoms with Crippen molar-refractivity contribution < 1.29 is 14.0 Å². The Morgan fingerprint density at radius 2 is 1.89 bits per heavy atom. The zero-order chi connectivity index (χ0) is 19.5. The molecule has 2 aromatic carbocycles. The minimum Gasteiger partial charge on any atom is -0.464 e. The normalized spacial score (nSPS) is 14.0. The van der Waals surface area contributed by atoms with Crippen molar-refractivity contribution in [2.45, 2.75) is 0 Å². The molecule has 1 aliphatic heterocycles. The van der Waals surface area contributed by atoms with Crippen molar-refractivity contribution in [2.75, 3.05) is 24.5 Å². The minimum atomic E-state index is -0.204. The number of carbonyl (C=O) groups excluding carboxylic acids is 2. The van der Waals surface area contributed by atoms with Gasteiger partial charge in [-0.05, 0) is 36.4 Å². The Hall–Kier alpha value is -3.85. The summed E-state index contributed by atoms with van der Waals surface area (Å²) >= 11 is 0. The van der Waals surface area contributed by atoms with Crippen LogP contribution in [0.3, 0.4) is 0 Å². The summed E-state index contributed by atoms with van der Waals surface area (Å²) in [6.07, 6.45) is 1.58. The van der Waals surface area contributed by atoms with Gasteiger partial charge in [0.15, 0.2) is 0 Å². The Kier molecular flexibility index (Phi) is 4.65. The molecule has 0 spiro atoms. The summed E-state index contributed by atoms with van der Waals surface area (Å²) in [5.74, 6) is 0.281. The van der Waals surface area contributed by atoms with E-state index in [2.05, 4.69) is 6.07 Å². The molecule has 0 N–H and O–H groups in total. The van der Waals surface area contributed by atoms with Gasteiger partial charge in [-0.3, -0.25) is 9.59 Å². The van der Waals surface area contributed by atoms with Gasteiger partial charge in [0.1, 0.15) is 18.4 Å². The van der Waals surface area contributed by atoms with E-state index >= 15 is 0 Å². The van der Waals surface area contributed by atoms with E-state index in [4.69, 9.17) is 4.42 Å². The predicted molar refractivity (Wildman–Crippen MR) is 104 cm³/mol. The Bertz CT molecular complexity index is 1070. The maximum atomic E-state index is 12.9. The summed E-state index contributed by atoms with van der Waals surface area (Å²) in [5, 5.41) is 9.27. The van der Waals surface area contributed by atoms with Crippen molar-refractivity contribution in [3.05, 3.63) is 78.1 Å². The van der Waals surface area contributed by atoms with Gasteiger partial charge in [0, 0.05) is 24.2 Å². The number of anilines is 1. The van der Waals surface area contributed by atoms with Crippen LogP contribution in [0.1, 0.15) is 15.9 Å². The van der Waals surface area contributed by atoms with Crippen LogP contribution < -0.4 is 4.90 Å². The quantitative estimate of drug-likeness (QED) is 0.708. The van der Waals surface area contributed by atoms with Crippen molar-refractivity contribution in [1.82, 2.24) is 4.90 Å². The molecule has 28 heavy (non-hydrogen) atoms. The number of benzene rings is 2. The van der Waals surface area contributed by atoms with Gasteiger partial charge < -0.3 is 14.2 Å². The fourth-order valence-electron chi connectivity index (χ4n) is 3.34. The number of amides is 2. The molecule has 0 unspecified atom stereocenters. The van der Waals surface area contributed by atoms with E-state index in [1.54, 1.807) is 59.7 Å². The summed E-state index contributed by atoms with van der Waals surface area (Å²) in [6.45, 7) is 0.722. The average molecular weight is 371 g/mol. The molecule has 0 aliphatic carbocycles. The van der Waals surface area contributed by atoms with E-state index in [1.807, 2.05) is 12.1 Å². The standard InChI is InChI=1S/C22H17N3O3/c23-14-18-5-1-2-8-19(18)25-11-10-24(15-21(25)26)22(27)17-7-3-6-16(13-17)20-9-4-12-28-20/h1-9,12-13H,10-11,15H2. The molecule has 0 atom stereocenters. The van der Waals surface area contributed by atoms with Crippen LogP contribution in [0.4, 0.5) is 5.69 Å². The van der Waals surface area contributed by atoms with Crippen LogP contribution in [0, 0.1) is 11.3 Å². The third-order valence-corrected chi connectivity index (χ3v) is 4.74. The van der Waals surface area contributed by atoms with Crippen molar-refractivity contribution >= 4 is 17.5 Å². The number of carbonyl (C=O) groups is 2. The molecule has 1 fully saturated rings. The highest BCUT2D eigenvalue weighted by molar-refractivity contribution is 6.02. The monoisotopic (exact) mass is 371 g/mol. The van der Waals surface area contributed by atoms with Crippen molar-refractivity contribution in [1.29, 1.82) is 5.26 Å². The highest BCUT2D eigenvalue weighted by Crippen LogP contribution is 2.24. The third-order valence-electron chi connectivity index (χ3n) is 4.74. The molecule has 1 aliphatic rings. The van der Waals surface area contributed by atoms with Crippen molar-refractivity contribution in [3.8, 4) is 17.4 Å². The first-order chi connectivity index (χ1) is 13.7. The van der Waals surface area contributed by atoms with Gasteiger partial charge in [0.05, 0.1) is 17.5 Å². The van der Waals surface area contributed by atoms with Crippen molar-refractivity contribution in [2.24, 2.45) is 0 Å². The minimum absolute atomic E-state index is 0.0242. The lowest BCUT2D eigenvalue weighted by Crippen LogP contribution is -2.52. The lowest BCUT2D eigenvalue weighted by atomic mass is 10.1. The van der Waals surface area contributed by atoms with Crippen LogP contribution >= 0.6 is 0 Å². The van der Waals surface area contributed by atoms with Crippen LogP contribution in [-0.2, 0) is 4.79 Å². The summed E-state index contributed by atoms with van der Waals surface area (Å²) < 4.78 is 5.39. The summed E-state index contributed by atoms with van der Waals surface area (Å²) in [7, 11) is 0. The molecular weight excluding hydrogens is 354 g/mol. The van der Waals surface area contributed by atoms with Gasteiger partial charge in [0.2, 0.25) is 5.91 Å².